The van der Waals surface area contributed by atoms with Gasteiger partial charge in [-0.05, 0) is 0 Å². The van der Waals surface area contributed by atoms with Crippen molar-refractivity contribution in [1.29, 1.82) is 0 Å². The van der Waals surface area contributed by atoms with Gasteiger partial charge in [-0.25, -0.2) is 9.59 Å². The molecule has 1 amide bonds. The first-order chi connectivity index (χ1) is 8.49. The zero-order valence-corrected chi connectivity index (χ0v) is 9.19. The summed E-state index contributed by atoms with van der Waals surface area (Å²) in [6, 6.07) is 0.939. The first-order valence-electron chi connectivity index (χ1n) is 4.90. The van der Waals surface area contributed by atoms with Crippen molar-refractivity contribution in [3.8, 4) is 0 Å². The molecule has 0 aliphatic carbocycles. The number of aliphatic carboxylic acids is 1. The quantitative estimate of drug-likeness (QED) is 0.430. The maximum absolute atomic E-state index is 11.4. The van der Waals surface area contributed by atoms with Crippen molar-refractivity contribution in [3.63, 3.8) is 0 Å². The van der Waals surface area contributed by atoms with Crippen LogP contribution in [0.5, 0.6) is 0 Å². The normalized spacial score (nSPS) is 10.0. The average molecular weight is 257 g/mol. The van der Waals surface area contributed by atoms with E-state index in [1.807, 2.05) is 4.98 Å². The van der Waals surface area contributed by atoms with Crippen molar-refractivity contribution in [3.05, 3.63) is 32.6 Å². The lowest BCUT2D eigenvalue weighted by molar-refractivity contribution is -0.142. The predicted octanol–water partition coefficient (Wildman–Crippen LogP) is -2.11. The number of hydrogen-bond donors (Lipinski definition) is 4. The number of carboxylic acids is 1. The Morgan fingerprint density at radius 1 is 1.33 bits per heavy atom. The van der Waals surface area contributed by atoms with Crippen molar-refractivity contribution < 1.29 is 19.4 Å². The lowest BCUT2D eigenvalue weighted by Crippen LogP contribution is -2.32. The molecule has 9 heteroatoms. The minimum atomic E-state index is -1.11. The molecule has 98 valence electrons. The zero-order chi connectivity index (χ0) is 13.5. The Morgan fingerprint density at radius 3 is 2.67 bits per heavy atom. The van der Waals surface area contributed by atoms with Gasteiger partial charge in [-0.1, -0.05) is 0 Å². The molecule has 1 aromatic rings. The zero-order valence-electron chi connectivity index (χ0n) is 9.19. The third kappa shape index (κ3) is 4.61. The van der Waals surface area contributed by atoms with Gasteiger partial charge in [0.25, 0.3) is 11.5 Å². The van der Waals surface area contributed by atoms with Gasteiger partial charge in [0.2, 0.25) is 0 Å². The van der Waals surface area contributed by atoms with Gasteiger partial charge < -0.3 is 20.1 Å². The molecule has 0 saturated carbocycles. The first-order valence-corrected chi connectivity index (χ1v) is 4.90. The summed E-state index contributed by atoms with van der Waals surface area (Å²) < 4.78 is 4.67. The SMILES string of the molecule is O=C(O)COCCNC(=O)c1cc(=O)[nH]c(=O)[nH]1. The van der Waals surface area contributed by atoms with E-state index in [0.29, 0.717) is 0 Å². The number of H-pyrrole nitrogens is 2. The van der Waals surface area contributed by atoms with Crippen molar-refractivity contribution in [1.82, 2.24) is 15.3 Å². The van der Waals surface area contributed by atoms with Crippen LogP contribution in [0.2, 0.25) is 0 Å². The molecule has 1 rings (SSSR count). The Balaban J connectivity index is 2.43. The van der Waals surface area contributed by atoms with Gasteiger partial charge in [-0.2, -0.15) is 0 Å². The number of carboxylic acid groups (broad SMARTS) is 1. The highest BCUT2D eigenvalue weighted by Crippen LogP contribution is 1.84. The molecular weight excluding hydrogens is 246 g/mol. The fourth-order valence-electron chi connectivity index (χ4n) is 1.08. The van der Waals surface area contributed by atoms with Crippen molar-refractivity contribution in [2.75, 3.05) is 19.8 Å². The van der Waals surface area contributed by atoms with Gasteiger partial charge in [0, 0.05) is 12.6 Å². The number of ether oxygens (including phenoxy) is 1. The summed E-state index contributed by atoms with van der Waals surface area (Å²) in [5, 5.41) is 10.6. The van der Waals surface area contributed by atoms with E-state index in [0.717, 1.165) is 6.07 Å². The van der Waals surface area contributed by atoms with Crippen LogP contribution < -0.4 is 16.6 Å². The van der Waals surface area contributed by atoms with Crippen LogP contribution in [-0.4, -0.2) is 46.7 Å². The van der Waals surface area contributed by atoms with Crippen LogP contribution in [0.3, 0.4) is 0 Å². The highest BCUT2D eigenvalue weighted by molar-refractivity contribution is 5.91. The Hall–Kier alpha value is -2.42. The van der Waals surface area contributed by atoms with Crippen LogP contribution in [-0.2, 0) is 9.53 Å². The molecule has 0 radical (unpaired) electrons. The number of carbonyl (C=O) groups excluding carboxylic acids is 1. The molecule has 0 bridgehead atoms. The molecular formula is C9H11N3O6. The lowest BCUT2D eigenvalue weighted by Gasteiger charge is -2.04. The molecule has 1 heterocycles. The Bertz CT molecular complexity index is 517. The monoisotopic (exact) mass is 257 g/mol. The molecule has 0 fully saturated rings. The molecule has 0 aromatic carbocycles. The third-order valence-corrected chi connectivity index (χ3v) is 1.76. The Morgan fingerprint density at radius 2 is 2.06 bits per heavy atom. The van der Waals surface area contributed by atoms with E-state index in [1.54, 1.807) is 0 Å². The topological polar surface area (TPSA) is 141 Å². The lowest BCUT2D eigenvalue weighted by atomic mass is 10.4. The molecule has 9 nitrogen and oxygen atoms in total. The van der Waals surface area contributed by atoms with Gasteiger partial charge in [0.05, 0.1) is 6.61 Å². The molecule has 4 N–H and O–H groups in total. The highest BCUT2D eigenvalue weighted by atomic mass is 16.5. The second-order valence-electron chi connectivity index (χ2n) is 3.20. The molecule has 18 heavy (non-hydrogen) atoms. The maximum Gasteiger partial charge on any atom is 0.329 e. The summed E-state index contributed by atoms with van der Waals surface area (Å²) in [6.07, 6.45) is 0. The predicted molar refractivity (Wildman–Crippen MR) is 58.5 cm³/mol. The summed E-state index contributed by atoms with van der Waals surface area (Å²) in [6.45, 7) is -0.399. The first kappa shape index (κ1) is 13.6. The Kier molecular flexibility index (Phi) is 4.81. The number of carbonyl (C=O) groups is 2. The fraction of sp³-hybridized carbons (Fsp3) is 0.333. The van der Waals surface area contributed by atoms with Gasteiger partial charge >= 0.3 is 11.7 Å². The number of hydrogen-bond acceptors (Lipinski definition) is 5. The summed E-state index contributed by atoms with van der Waals surface area (Å²) in [4.78, 5) is 47.4. The van der Waals surface area contributed by atoms with Crippen LogP contribution >= 0.6 is 0 Å². The van der Waals surface area contributed by atoms with E-state index in [1.165, 1.54) is 0 Å². The second kappa shape index (κ2) is 6.35. The summed E-state index contributed by atoms with van der Waals surface area (Å²) in [7, 11) is 0. The molecule has 0 aliphatic heterocycles. The molecule has 0 atom stereocenters. The maximum atomic E-state index is 11.4. The largest absolute Gasteiger partial charge is 0.480 e. The van der Waals surface area contributed by atoms with E-state index < -0.39 is 29.7 Å². The molecule has 0 saturated heterocycles. The summed E-state index contributed by atoms with van der Waals surface area (Å²) in [5.74, 6) is -1.77. The smallest absolute Gasteiger partial charge is 0.329 e. The molecule has 0 spiro atoms. The number of aromatic amines is 2. The number of aromatic nitrogens is 2. The van der Waals surface area contributed by atoms with Crippen LogP contribution in [0, 0.1) is 0 Å². The van der Waals surface area contributed by atoms with Crippen LogP contribution in [0.15, 0.2) is 15.7 Å². The van der Waals surface area contributed by atoms with E-state index in [9.17, 15) is 19.2 Å². The van der Waals surface area contributed by atoms with Crippen LogP contribution in [0.25, 0.3) is 0 Å². The van der Waals surface area contributed by atoms with Crippen molar-refractivity contribution >= 4 is 11.9 Å². The third-order valence-electron chi connectivity index (χ3n) is 1.76. The minimum Gasteiger partial charge on any atom is -0.480 e. The van der Waals surface area contributed by atoms with Crippen molar-refractivity contribution in [2.24, 2.45) is 0 Å². The second-order valence-corrected chi connectivity index (χ2v) is 3.20. The van der Waals surface area contributed by atoms with Crippen molar-refractivity contribution in [2.45, 2.75) is 0 Å². The molecule has 0 aliphatic rings. The summed E-state index contributed by atoms with van der Waals surface area (Å²) in [5.41, 5.74) is -1.65. The van der Waals surface area contributed by atoms with Gasteiger partial charge in [0.1, 0.15) is 12.3 Å². The van der Waals surface area contributed by atoms with Gasteiger partial charge in [-0.3, -0.25) is 14.6 Å². The van der Waals surface area contributed by atoms with Crippen LogP contribution in [0.4, 0.5) is 0 Å². The van der Waals surface area contributed by atoms with Gasteiger partial charge in [0.15, 0.2) is 0 Å². The van der Waals surface area contributed by atoms with Gasteiger partial charge in [-0.15, -0.1) is 0 Å². The van der Waals surface area contributed by atoms with E-state index in [-0.39, 0.29) is 18.8 Å². The van der Waals surface area contributed by atoms with E-state index in [2.05, 4.69) is 15.0 Å². The number of rotatable bonds is 6. The highest BCUT2D eigenvalue weighted by Gasteiger charge is 2.07. The Labute approximate surface area is 99.8 Å². The average Bonchev–Trinajstić information content (AvgIpc) is 2.26. The van der Waals surface area contributed by atoms with E-state index >= 15 is 0 Å². The molecule has 0 unspecified atom stereocenters. The molecule has 1 aromatic heterocycles. The summed E-state index contributed by atoms with van der Waals surface area (Å²) >= 11 is 0. The number of amides is 1. The minimum absolute atomic E-state index is 0.00542. The standard InChI is InChI=1S/C9H11N3O6/c13-6-3-5(11-9(17)12-6)8(16)10-1-2-18-4-7(14)15/h3H,1-2,4H2,(H,10,16)(H,14,15)(H2,11,12,13,17). The number of nitrogens with one attached hydrogen (secondary N) is 3. The van der Waals surface area contributed by atoms with Crippen LogP contribution in [0.1, 0.15) is 10.5 Å². The fourth-order valence-corrected chi connectivity index (χ4v) is 1.08. The van der Waals surface area contributed by atoms with E-state index in [4.69, 9.17) is 5.11 Å².